The summed E-state index contributed by atoms with van der Waals surface area (Å²) in [5.41, 5.74) is 0.871. The maximum Gasteiger partial charge on any atom is 0.126 e. The molecule has 0 aliphatic carbocycles. The molecule has 0 radical (unpaired) electrons. The van der Waals surface area contributed by atoms with Crippen LogP contribution in [0, 0.1) is 6.92 Å². The van der Waals surface area contributed by atoms with E-state index in [0.29, 0.717) is 6.04 Å². The smallest absolute Gasteiger partial charge is 0.126 e. The van der Waals surface area contributed by atoms with E-state index in [4.69, 9.17) is 11.6 Å². The van der Waals surface area contributed by atoms with Crippen LogP contribution in [0.25, 0.3) is 0 Å². The second-order valence-electron chi connectivity index (χ2n) is 5.04. The first-order chi connectivity index (χ1) is 8.56. The van der Waals surface area contributed by atoms with Gasteiger partial charge >= 0.3 is 0 Å². The van der Waals surface area contributed by atoms with Crippen molar-refractivity contribution in [2.24, 2.45) is 0 Å². The Bertz CT molecular complexity index is 410. The molecular weight excluding hydrogens is 248 g/mol. The molecule has 0 bridgehead atoms. The molecule has 2 heterocycles. The Hall–Kier alpha value is -0.840. The zero-order valence-corrected chi connectivity index (χ0v) is 12.0. The van der Waals surface area contributed by atoms with Gasteiger partial charge in [0, 0.05) is 32.2 Å². The maximum atomic E-state index is 5.97. The van der Waals surface area contributed by atoms with Crippen LogP contribution in [-0.2, 0) is 0 Å². The predicted octanol–water partition coefficient (Wildman–Crippen LogP) is 1.70. The van der Waals surface area contributed by atoms with Gasteiger partial charge in [-0.2, -0.15) is 0 Å². The molecule has 0 saturated carbocycles. The molecule has 1 N–H and O–H groups in total. The lowest BCUT2D eigenvalue weighted by atomic mass is 10.2. The largest absolute Gasteiger partial charge is 0.368 e. The van der Waals surface area contributed by atoms with E-state index in [9.17, 15) is 0 Å². The average molecular weight is 269 g/mol. The quantitative estimate of drug-likeness (QED) is 0.904. The molecule has 0 amide bonds. The fourth-order valence-electron chi connectivity index (χ4n) is 2.19. The molecule has 100 valence electrons. The van der Waals surface area contributed by atoms with Gasteiger partial charge in [-0.25, -0.2) is 4.98 Å². The highest BCUT2D eigenvalue weighted by atomic mass is 35.5. The average Bonchev–Trinajstić information content (AvgIpc) is 2.34. The second kappa shape index (κ2) is 5.87. The third-order valence-corrected chi connectivity index (χ3v) is 3.92. The fourth-order valence-corrected chi connectivity index (χ4v) is 2.29. The Morgan fingerprint density at radius 1 is 1.39 bits per heavy atom. The van der Waals surface area contributed by atoms with Gasteiger partial charge in [0.2, 0.25) is 0 Å². The predicted molar refractivity (Wildman–Crippen MR) is 76.4 cm³/mol. The fraction of sp³-hybridized carbons (Fsp3) is 0.615. The lowest BCUT2D eigenvalue weighted by molar-refractivity contribution is 0.122. The molecule has 18 heavy (non-hydrogen) atoms. The van der Waals surface area contributed by atoms with E-state index in [1.165, 1.54) is 0 Å². The third-order valence-electron chi connectivity index (χ3n) is 3.52. The number of aromatic nitrogens is 1. The first-order valence-corrected chi connectivity index (χ1v) is 6.70. The lowest BCUT2D eigenvalue weighted by Crippen LogP contribution is -2.52. The highest BCUT2D eigenvalue weighted by Gasteiger charge is 2.21. The summed E-state index contributed by atoms with van der Waals surface area (Å²) in [4.78, 5) is 9.19. The number of piperazine rings is 1. The van der Waals surface area contributed by atoms with E-state index >= 15 is 0 Å². The molecule has 0 aromatic carbocycles. The molecule has 5 heteroatoms. The van der Waals surface area contributed by atoms with Crippen molar-refractivity contribution < 1.29 is 0 Å². The Labute approximate surface area is 114 Å². The molecule has 1 atom stereocenters. The molecule has 2 rings (SSSR count). The number of anilines is 1. The third kappa shape index (κ3) is 3.34. The summed E-state index contributed by atoms with van der Waals surface area (Å²) < 4.78 is 0. The van der Waals surface area contributed by atoms with Gasteiger partial charge in [0.1, 0.15) is 5.82 Å². The van der Waals surface area contributed by atoms with Crippen molar-refractivity contribution in [1.82, 2.24) is 14.8 Å². The highest BCUT2D eigenvalue weighted by molar-refractivity contribution is 6.31. The van der Waals surface area contributed by atoms with Crippen LogP contribution >= 0.6 is 11.6 Å². The molecule has 1 aliphatic rings. The van der Waals surface area contributed by atoms with Gasteiger partial charge in [-0.15, -0.1) is 0 Å². The number of halogens is 1. The van der Waals surface area contributed by atoms with Crippen LogP contribution < -0.4 is 5.32 Å². The minimum absolute atomic E-state index is 0.529. The first kappa shape index (κ1) is 13.6. The summed E-state index contributed by atoms with van der Waals surface area (Å²) >= 11 is 5.97. The van der Waals surface area contributed by atoms with Gasteiger partial charge in [0.25, 0.3) is 0 Å². The van der Waals surface area contributed by atoms with Gasteiger partial charge in [-0.1, -0.05) is 11.6 Å². The Morgan fingerprint density at radius 3 is 2.89 bits per heavy atom. The summed E-state index contributed by atoms with van der Waals surface area (Å²) in [6.07, 6.45) is 0. The molecule has 0 unspecified atom stereocenters. The zero-order chi connectivity index (χ0) is 13.1. The van der Waals surface area contributed by atoms with Crippen LogP contribution in [0.4, 0.5) is 5.82 Å². The first-order valence-electron chi connectivity index (χ1n) is 6.32. The van der Waals surface area contributed by atoms with E-state index in [1.54, 1.807) is 0 Å². The number of nitrogens with one attached hydrogen (secondary N) is 1. The van der Waals surface area contributed by atoms with E-state index in [1.807, 2.05) is 19.1 Å². The zero-order valence-electron chi connectivity index (χ0n) is 11.3. The van der Waals surface area contributed by atoms with Gasteiger partial charge in [0.15, 0.2) is 0 Å². The van der Waals surface area contributed by atoms with Crippen LogP contribution in [0.3, 0.4) is 0 Å². The SMILES string of the molecule is Cc1nc(NC[C@H]2CN(C)CCN2C)ccc1Cl. The van der Waals surface area contributed by atoms with Crippen LogP contribution in [0.2, 0.25) is 5.02 Å². The van der Waals surface area contributed by atoms with Crippen molar-refractivity contribution in [3.8, 4) is 0 Å². The number of hydrogen-bond donors (Lipinski definition) is 1. The minimum Gasteiger partial charge on any atom is -0.368 e. The number of rotatable bonds is 3. The summed E-state index contributed by atoms with van der Waals surface area (Å²) in [6, 6.07) is 4.35. The standard InChI is InChI=1S/C13H21ClN4/c1-10-12(14)4-5-13(16-10)15-8-11-9-17(2)6-7-18(11)3/h4-5,11H,6-9H2,1-3H3,(H,15,16)/t11-/m0/s1. The molecule has 1 aliphatic heterocycles. The Kier molecular flexibility index (Phi) is 4.43. The normalized spacial score (nSPS) is 22.1. The highest BCUT2D eigenvalue weighted by Crippen LogP contribution is 2.15. The molecule has 4 nitrogen and oxygen atoms in total. The molecule has 1 saturated heterocycles. The summed E-state index contributed by atoms with van der Waals surface area (Å²) in [5, 5.41) is 4.11. The number of nitrogens with zero attached hydrogens (tertiary/aromatic N) is 3. The van der Waals surface area contributed by atoms with Gasteiger partial charge < -0.3 is 10.2 Å². The van der Waals surface area contributed by atoms with Crippen molar-refractivity contribution in [2.45, 2.75) is 13.0 Å². The van der Waals surface area contributed by atoms with E-state index in [2.05, 4.69) is 34.2 Å². The number of pyridine rings is 1. The molecule has 1 aromatic heterocycles. The monoisotopic (exact) mass is 268 g/mol. The Balaban J connectivity index is 1.92. The number of aryl methyl sites for hydroxylation is 1. The van der Waals surface area contributed by atoms with Crippen LogP contribution in [0.1, 0.15) is 5.69 Å². The summed E-state index contributed by atoms with van der Waals surface area (Å²) in [5.74, 6) is 0.901. The van der Waals surface area contributed by atoms with Gasteiger partial charge in [-0.05, 0) is 33.2 Å². The van der Waals surface area contributed by atoms with E-state index < -0.39 is 0 Å². The van der Waals surface area contributed by atoms with Crippen LogP contribution in [0.5, 0.6) is 0 Å². The van der Waals surface area contributed by atoms with Gasteiger partial charge in [0.05, 0.1) is 10.7 Å². The number of likely N-dealkylation sites (N-methyl/N-ethyl adjacent to an activating group) is 2. The van der Waals surface area contributed by atoms with Crippen molar-refractivity contribution in [3.05, 3.63) is 22.8 Å². The van der Waals surface area contributed by atoms with Crippen molar-refractivity contribution in [2.75, 3.05) is 45.6 Å². The molecule has 1 aromatic rings. The molecular formula is C13H21ClN4. The molecule has 1 fully saturated rings. The molecule has 0 spiro atoms. The van der Waals surface area contributed by atoms with Crippen LogP contribution in [-0.4, -0.2) is 61.1 Å². The summed E-state index contributed by atoms with van der Waals surface area (Å²) in [6.45, 7) is 6.19. The second-order valence-corrected chi connectivity index (χ2v) is 5.45. The van der Waals surface area contributed by atoms with Crippen LogP contribution in [0.15, 0.2) is 12.1 Å². The van der Waals surface area contributed by atoms with E-state index in [0.717, 1.165) is 42.7 Å². The maximum absolute atomic E-state index is 5.97. The van der Waals surface area contributed by atoms with Gasteiger partial charge in [-0.3, -0.25) is 4.90 Å². The lowest BCUT2D eigenvalue weighted by Gasteiger charge is -2.37. The van der Waals surface area contributed by atoms with Crippen molar-refractivity contribution in [1.29, 1.82) is 0 Å². The topological polar surface area (TPSA) is 31.4 Å². The summed E-state index contributed by atoms with van der Waals surface area (Å²) in [7, 11) is 4.35. The van der Waals surface area contributed by atoms with Crippen molar-refractivity contribution >= 4 is 17.4 Å². The minimum atomic E-state index is 0.529. The Morgan fingerprint density at radius 2 is 2.17 bits per heavy atom. The van der Waals surface area contributed by atoms with E-state index in [-0.39, 0.29) is 0 Å². The van der Waals surface area contributed by atoms with Crippen molar-refractivity contribution in [3.63, 3.8) is 0 Å². The number of hydrogen-bond acceptors (Lipinski definition) is 4.